The van der Waals surface area contributed by atoms with Crippen LogP contribution in [-0.4, -0.2) is 7.54 Å². The maximum atomic E-state index is 9.67. The van der Waals surface area contributed by atoms with E-state index in [2.05, 4.69) is 0 Å². The van der Waals surface area contributed by atoms with Gasteiger partial charge in [0.15, 0.2) is 0 Å². The van der Waals surface area contributed by atoms with E-state index >= 15 is 0 Å². The van der Waals surface area contributed by atoms with E-state index in [9.17, 15) is 12.9 Å². The molecule has 0 atom stereocenters. The predicted octanol–water partition coefficient (Wildman–Crippen LogP) is 1.18. The van der Waals surface area contributed by atoms with Crippen LogP contribution in [0.2, 0.25) is 0 Å². The van der Waals surface area contributed by atoms with Crippen LogP contribution in [0.3, 0.4) is 0 Å². The molecule has 0 heterocycles. The lowest BCUT2D eigenvalue weighted by molar-refractivity contribution is 0.535. The van der Waals surface area contributed by atoms with Crippen molar-refractivity contribution in [3.8, 4) is 0 Å². The molecule has 0 aliphatic carbocycles. The lowest BCUT2D eigenvalue weighted by Crippen LogP contribution is -1.76. The maximum absolute atomic E-state index is 9.67. The molecule has 0 unspecified atom stereocenters. The Labute approximate surface area is 31.3 Å². The van der Waals surface area contributed by atoms with Crippen molar-refractivity contribution in [1.29, 1.82) is 0 Å². The van der Waals surface area contributed by atoms with E-state index in [1.165, 1.54) is 0 Å². The van der Waals surface area contributed by atoms with Crippen LogP contribution in [0.5, 0.6) is 0 Å². The molecule has 0 nitrogen and oxygen atoms in total. The molecule has 0 radical (unpaired) electrons. The summed E-state index contributed by atoms with van der Waals surface area (Å²) in [4.78, 5) is 0. The van der Waals surface area contributed by atoms with Crippen molar-refractivity contribution in [3.63, 3.8) is 0 Å². The molecule has 0 saturated heterocycles. The molecule has 6 heteroatoms. The third-order valence-electron chi connectivity index (χ3n) is 0. The third kappa shape index (κ3) is 337. The lowest BCUT2D eigenvalue weighted by atomic mass is 10.5. The average Bonchev–Trinajstić information content (AvgIpc) is 0.811. The standard InChI is InChI=1S/BF3.2FH/c2-1(3)4;;/h;2*1H. The Morgan fingerprint density at radius 2 is 0.833 bits per heavy atom. The summed E-state index contributed by atoms with van der Waals surface area (Å²) in [5, 5.41) is 0. The van der Waals surface area contributed by atoms with Gasteiger partial charge in [0, 0.05) is 0 Å². The first kappa shape index (κ1) is 17.2. The molecular weight excluding hydrogens is 106 g/mol. The molecule has 6 heavy (non-hydrogen) atoms. The van der Waals surface area contributed by atoms with E-state index in [-0.39, 0.29) is 9.41 Å². The minimum atomic E-state index is -3.67. The van der Waals surface area contributed by atoms with Crippen molar-refractivity contribution in [2.75, 3.05) is 0 Å². The van der Waals surface area contributed by atoms with Crippen molar-refractivity contribution in [2.45, 2.75) is 0 Å². The van der Waals surface area contributed by atoms with Gasteiger partial charge in [0.1, 0.15) is 0 Å². The van der Waals surface area contributed by atoms with Crippen molar-refractivity contribution in [1.82, 2.24) is 0 Å². The fraction of sp³-hybridized carbons (Fsp3) is 0. The molecule has 0 spiro atoms. The van der Waals surface area contributed by atoms with Gasteiger partial charge in [0.2, 0.25) is 0 Å². The average molecular weight is 108 g/mol. The molecule has 0 rings (SSSR count). The molecule has 0 N–H and O–H groups in total. The SMILES string of the molecule is F.F.FB(F)F. The van der Waals surface area contributed by atoms with E-state index in [1.54, 1.807) is 0 Å². The molecule has 0 fully saturated rings. The smallest absolute Gasteiger partial charge is 0.269 e. The molecule has 0 amide bonds. The Kier molecular flexibility index (Phi) is 25.4. The Bertz CT molecular complexity index is 8.66. The summed E-state index contributed by atoms with van der Waals surface area (Å²) in [7, 11) is -3.67. The normalized spacial score (nSPS) is 4.50. The minimum Gasteiger partial charge on any atom is -0.269 e. The first-order chi connectivity index (χ1) is 1.73. The van der Waals surface area contributed by atoms with E-state index in [1.807, 2.05) is 0 Å². The quantitative estimate of drug-likeness (QED) is 0.322. The molecule has 40 valence electrons. The Hall–Kier alpha value is -0.285. The van der Waals surface area contributed by atoms with Crippen molar-refractivity contribution in [3.05, 3.63) is 0 Å². The summed E-state index contributed by atoms with van der Waals surface area (Å²) in [6.07, 6.45) is 0. The molecule has 0 aliphatic rings. The van der Waals surface area contributed by atoms with Gasteiger partial charge >= 0.3 is 7.54 Å². The van der Waals surface area contributed by atoms with E-state index in [0.717, 1.165) is 0 Å². The van der Waals surface area contributed by atoms with Crippen LogP contribution < -0.4 is 0 Å². The second-order valence-corrected chi connectivity index (χ2v) is 0.247. The van der Waals surface area contributed by atoms with Gasteiger partial charge in [-0.25, -0.2) is 0 Å². The van der Waals surface area contributed by atoms with Crippen LogP contribution in [0.4, 0.5) is 22.4 Å². The molecule has 0 bridgehead atoms. The minimum absolute atomic E-state index is 0. The lowest BCUT2D eigenvalue weighted by Gasteiger charge is -1.55. The molecule has 0 aromatic rings. The molecule has 0 aromatic carbocycles. The first-order valence-corrected chi connectivity index (χ1v) is 0.655. The summed E-state index contributed by atoms with van der Waals surface area (Å²) in [5.74, 6) is 0. The van der Waals surface area contributed by atoms with Gasteiger partial charge in [-0.3, -0.25) is 22.4 Å². The first-order valence-electron chi connectivity index (χ1n) is 0.655. The third-order valence-corrected chi connectivity index (χ3v) is 0. The van der Waals surface area contributed by atoms with Gasteiger partial charge in [-0.15, -0.1) is 0 Å². The zero-order valence-corrected chi connectivity index (χ0v) is 2.53. The molecule has 0 aromatic heterocycles. The molecule has 0 aliphatic heterocycles. The van der Waals surface area contributed by atoms with Crippen molar-refractivity contribution in [2.24, 2.45) is 0 Å². The zero-order chi connectivity index (χ0) is 3.58. The number of hydrogen-bond donors (Lipinski definition) is 0. The topological polar surface area (TPSA) is 0 Å². The zero-order valence-electron chi connectivity index (χ0n) is 2.53. The highest BCUT2D eigenvalue weighted by molar-refractivity contribution is 6.33. The van der Waals surface area contributed by atoms with Crippen LogP contribution in [0, 0.1) is 0 Å². The van der Waals surface area contributed by atoms with E-state index < -0.39 is 7.54 Å². The van der Waals surface area contributed by atoms with Gasteiger partial charge in [0.05, 0.1) is 0 Å². The van der Waals surface area contributed by atoms with Crippen LogP contribution in [0.25, 0.3) is 0 Å². The monoisotopic (exact) mass is 108 g/mol. The highest BCUT2D eigenvalue weighted by Crippen LogP contribution is 1.80. The van der Waals surface area contributed by atoms with Gasteiger partial charge < -0.3 is 0 Å². The van der Waals surface area contributed by atoms with Gasteiger partial charge in [-0.1, -0.05) is 0 Å². The fourth-order valence-corrected chi connectivity index (χ4v) is 0. The Morgan fingerprint density at radius 3 is 0.833 bits per heavy atom. The summed E-state index contributed by atoms with van der Waals surface area (Å²) in [6.45, 7) is 0. The highest BCUT2D eigenvalue weighted by Gasteiger charge is 2.06. The second kappa shape index (κ2) is 8.83. The maximum Gasteiger partial charge on any atom is 0.762 e. The van der Waals surface area contributed by atoms with E-state index in [0.29, 0.717) is 0 Å². The molecular formula is H2BF5. The van der Waals surface area contributed by atoms with Gasteiger partial charge in [-0.05, 0) is 0 Å². The summed E-state index contributed by atoms with van der Waals surface area (Å²) in [6, 6.07) is 0. The largest absolute Gasteiger partial charge is 0.762 e. The van der Waals surface area contributed by atoms with E-state index in [4.69, 9.17) is 0 Å². The summed E-state index contributed by atoms with van der Waals surface area (Å²) >= 11 is 0. The predicted molar refractivity (Wildman–Crippen MR) is 14.1 cm³/mol. The van der Waals surface area contributed by atoms with Crippen molar-refractivity contribution < 1.29 is 22.4 Å². The number of hydrogen-bond acceptors (Lipinski definition) is 0. The second-order valence-electron chi connectivity index (χ2n) is 0.247. The fourth-order valence-electron chi connectivity index (χ4n) is 0. The van der Waals surface area contributed by atoms with Crippen LogP contribution >= 0.6 is 0 Å². The summed E-state index contributed by atoms with van der Waals surface area (Å²) < 4.78 is 29.0. The van der Waals surface area contributed by atoms with Crippen molar-refractivity contribution >= 4 is 7.54 Å². The van der Waals surface area contributed by atoms with Gasteiger partial charge in [0.25, 0.3) is 0 Å². The number of rotatable bonds is 0. The molecule has 0 saturated carbocycles. The van der Waals surface area contributed by atoms with Crippen LogP contribution in [0.15, 0.2) is 0 Å². The summed E-state index contributed by atoms with van der Waals surface area (Å²) in [5.41, 5.74) is 0. The number of halogens is 5. The Morgan fingerprint density at radius 1 is 0.833 bits per heavy atom. The van der Waals surface area contributed by atoms with Gasteiger partial charge in [-0.2, -0.15) is 0 Å². The highest BCUT2D eigenvalue weighted by atomic mass is 19.4. The Balaban J connectivity index is -0.0000000450. The van der Waals surface area contributed by atoms with Crippen LogP contribution in [-0.2, 0) is 0 Å². The van der Waals surface area contributed by atoms with Crippen LogP contribution in [0.1, 0.15) is 0 Å².